The second kappa shape index (κ2) is 7.19. The molecule has 0 aliphatic carbocycles. The summed E-state index contributed by atoms with van der Waals surface area (Å²) in [5, 5.41) is 0. The Bertz CT molecular complexity index is 292. The highest BCUT2D eigenvalue weighted by molar-refractivity contribution is 5.64. The van der Waals surface area contributed by atoms with Gasteiger partial charge in [0.15, 0.2) is 0 Å². The van der Waals surface area contributed by atoms with Crippen LogP contribution in [0.25, 0.3) is 12.2 Å². The first-order chi connectivity index (χ1) is 6.83. The van der Waals surface area contributed by atoms with Crippen LogP contribution in [-0.4, -0.2) is 4.98 Å². The maximum Gasteiger partial charge on any atom is 0.0453 e. The van der Waals surface area contributed by atoms with Crippen LogP contribution >= 0.6 is 0 Å². The van der Waals surface area contributed by atoms with Crippen LogP contribution in [0.5, 0.6) is 0 Å². The summed E-state index contributed by atoms with van der Waals surface area (Å²) < 4.78 is 0. The van der Waals surface area contributed by atoms with E-state index < -0.39 is 0 Å². The lowest BCUT2D eigenvalue weighted by Crippen LogP contribution is -1.80. The lowest BCUT2D eigenvalue weighted by Gasteiger charge is -1.94. The number of aromatic nitrogens is 1. The first kappa shape index (κ1) is 12.8. The summed E-state index contributed by atoms with van der Waals surface area (Å²) in [6.07, 6.45) is 9.10. The smallest absolute Gasteiger partial charge is 0.0453 e. The predicted octanol–water partition coefficient (Wildman–Crippen LogP) is 4.28. The SMILES string of the molecule is C=Cc1c(CC)c[nH]c1/C=C\C.CC. The fraction of sp³-hybridized carbons (Fsp3) is 0.385. The highest BCUT2D eigenvalue weighted by atomic mass is 14.7. The summed E-state index contributed by atoms with van der Waals surface area (Å²) in [5.41, 5.74) is 3.72. The Kier molecular flexibility index (Phi) is 6.55. The van der Waals surface area contributed by atoms with Crippen LogP contribution in [0.4, 0.5) is 0 Å². The number of hydrogen-bond acceptors (Lipinski definition) is 0. The van der Waals surface area contributed by atoms with Gasteiger partial charge in [-0.25, -0.2) is 0 Å². The molecule has 0 aromatic carbocycles. The molecular formula is C13H21N. The van der Waals surface area contributed by atoms with E-state index in [1.54, 1.807) is 0 Å². The third-order valence-corrected chi connectivity index (χ3v) is 1.96. The molecule has 1 N–H and O–H groups in total. The molecule has 1 aromatic heterocycles. The molecule has 1 heteroatoms. The molecule has 0 aliphatic rings. The first-order valence-corrected chi connectivity index (χ1v) is 5.28. The van der Waals surface area contributed by atoms with E-state index in [-0.39, 0.29) is 0 Å². The number of rotatable bonds is 3. The molecule has 0 amide bonds. The van der Waals surface area contributed by atoms with Gasteiger partial charge in [0.25, 0.3) is 0 Å². The quantitative estimate of drug-likeness (QED) is 0.734. The Morgan fingerprint density at radius 3 is 2.50 bits per heavy atom. The first-order valence-electron chi connectivity index (χ1n) is 5.28. The molecule has 0 atom stereocenters. The third-order valence-electron chi connectivity index (χ3n) is 1.96. The molecular weight excluding hydrogens is 170 g/mol. The second-order valence-corrected chi connectivity index (χ2v) is 2.70. The average Bonchev–Trinajstić information content (AvgIpc) is 2.63. The number of aryl methyl sites for hydroxylation is 1. The van der Waals surface area contributed by atoms with Crippen LogP contribution in [0.3, 0.4) is 0 Å². The molecule has 0 unspecified atom stereocenters. The fourth-order valence-electron chi connectivity index (χ4n) is 1.33. The number of aromatic amines is 1. The van der Waals surface area contributed by atoms with Crippen LogP contribution in [0, 0.1) is 0 Å². The molecule has 1 aromatic rings. The molecule has 0 saturated heterocycles. The summed E-state index contributed by atoms with van der Waals surface area (Å²) >= 11 is 0. The largest absolute Gasteiger partial charge is 0.361 e. The molecule has 0 saturated carbocycles. The molecule has 0 aliphatic heterocycles. The van der Waals surface area contributed by atoms with E-state index in [0.717, 1.165) is 12.1 Å². The van der Waals surface area contributed by atoms with E-state index in [4.69, 9.17) is 0 Å². The van der Waals surface area contributed by atoms with Crippen LogP contribution in [0.2, 0.25) is 0 Å². The monoisotopic (exact) mass is 191 g/mol. The lowest BCUT2D eigenvalue weighted by atomic mass is 10.1. The summed E-state index contributed by atoms with van der Waals surface area (Å²) in [4.78, 5) is 3.22. The summed E-state index contributed by atoms with van der Waals surface area (Å²) in [6.45, 7) is 12.0. The van der Waals surface area contributed by atoms with Crippen molar-refractivity contribution in [2.75, 3.05) is 0 Å². The number of allylic oxidation sites excluding steroid dienone is 1. The third kappa shape index (κ3) is 2.91. The Balaban J connectivity index is 0.000000791. The molecule has 0 radical (unpaired) electrons. The Morgan fingerprint density at radius 2 is 2.07 bits per heavy atom. The maximum atomic E-state index is 3.80. The minimum atomic E-state index is 1.05. The fourth-order valence-corrected chi connectivity index (χ4v) is 1.33. The predicted molar refractivity (Wildman–Crippen MR) is 66.3 cm³/mol. The molecule has 1 nitrogen and oxygen atoms in total. The van der Waals surface area contributed by atoms with Gasteiger partial charge in [-0.05, 0) is 25.0 Å². The molecule has 0 fully saturated rings. The van der Waals surface area contributed by atoms with Gasteiger partial charge in [-0.15, -0.1) is 0 Å². The zero-order valence-electron chi connectivity index (χ0n) is 9.72. The zero-order chi connectivity index (χ0) is 11.0. The van der Waals surface area contributed by atoms with Crippen molar-refractivity contribution in [3.05, 3.63) is 35.7 Å². The number of nitrogens with one attached hydrogen (secondary N) is 1. The molecule has 1 heterocycles. The Hall–Kier alpha value is -1.24. The van der Waals surface area contributed by atoms with E-state index in [0.29, 0.717) is 0 Å². The van der Waals surface area contributed by atoms with Crippen LogP contribution in [0.1, 0.15) is 44.5 Å². The van der Waals surface area contributed by atoms with Gasteiger partial charge in [-0.2, -0.15) is 0 Å². The van der Waals surface area contributed by atoms with E-state index in [2.05, 4.69) is 24.6 Å². The van der Waals surface area contributed by atoms with Gasteiger partial charge in [0, 0.05) is 17.5 Å². The average molecular weight is 191 g/mol. The Labute approximate surface area is 87.6 Å². The minimum Gasteiger partial charge on any atom is -0.361 e. The van der Waals surface area contributed by atoms with Gasteiger partial charge in [-0.1, -0.05) is 39.5 Å². The Morgan fingerprint density at radius 1 is 1.43 bits per heavy atom. The molecule has 14 heavy (non-hydrogen) atoms. The van der Waals surface area contributed by atoms with Crippen molar-refractivity contribution in [3.8, 4) is 0 Å². The number of hydrogen-bond donors (Lipinski definition) is 1. The molecule has 0 bridgehead atoms. The van der Waals surface area contributed by atoms with Crippen LogP contribution < -0.4 is 0 Å². The van der Waals surface area contributed by atoms with E-state index in [1.165, 1.54) is 11.1 Å². The highest BCUT2D eigenvalue weighted by Gasteiger charge is 2.02. The summed E-state index contributed by atoms with van der Waals surface area (Å²) in [5.74, 6) is 0. The van der Waals surface area contributed by atoms with Gasteiger partial charge in [0.05, 0.1) is 0 Å². The highest BCUT2D eigenvalue weighted by Crippen LogP contribution is 2.17. The lowest BCUT2D eigenvalue weighted by molar-refractivity contribution is 1.14. The standard InChI is InChI=1S/C11H15N.C2H6/c1-4-7-11-10(6-3)9(5-2)8-12-11;1-2/h4,6-8,12H,3,5H2,1-2H3;1-2H3/b7-4-;. The van der Waals surface area contributed by atoms with Gasteiger partial charge >= 0.3 is 0 Å². The van der Waals surface area contributed by atoms with Crippen molar-refractivity contribution in [3.63, 3.8) is 0 Å². The van der Waals surface area contributed by atoms with Crippen LogP contribution in [-0.2, 0) is 6.42 Å². The van der Waals surface area contributed by atoms with E-state index in [9.17, 15) is 0 Å². The van der Waals surface area contributed by atoms with Crippen molar-refractivity contribution in [1.82, 2.24) is 4.98 Å². The van der Waals surface area contributed by atoms with Gasteiger partial charge < -0.3 is 4.98 Å². The van der Waals surface area contributed by atoms with E-state index in [1.807, 2.05) is 39.1 Å². The topological polar surface area (TPSA) is 15.8 Å². The second-order valence-electron chi connectivity index (χ2n) is 2.70. The van der Waals surface area contributed by atoms with Gasteiger partial charge in [-0.3, -0.25) is 0 Å². The maximum absolute atomic E-state index is 3.80. The van der Waals surface area contributed by atoms with Gasteiger partial charge in [0.1, 0.15) is 0 Å². The van der Waals surface area contributed by atoms with Crippen molar-refractivity contribution >= 4 is 12.2 Å². The van der Waals surface area contributed by atoms with Crippen LogP contribution in [0.15, 0.2) is 18.9 Å². The van der Waals surface area contributed by atoms with Crippen molar-refractivity contribution < 1.29 is 0 Å². The molecule has 0 spiro atoms. The summed E-state index contributed by atoms with van der Waals surface area (Å²) in [6, 6.07) is 0. The van der Waals surface area contributed by atoms with Crippen molar-refractivity contribution in [2.24, 2.45) is 0 Å². The molecule has 78 valence electrons. The van der Waals surface area contributed by atoms with Crippen molar-refractivity contribution in [2.45, 2.75) is 34.1 Å². The zero-order valence-corrected chi connectivity index (χ0v) is 9.72. The summed E-state index contributed by atoms with van der Waals surface area (Å²) in [7, 11) is 0. The van der Waals surface area contributed by atoms with Crippen molar-refractivity contribution in [1.29, 1.82) is 0 Å². The van der Waals surface area contributed by atoms with E-state index >= 15 is 0 Å². The normalized spacial score (nSPS) is 9.71. The number of H-pyrrole nitrogens is 1. The minimum absolute atomic E-state index is 1.05. The molecule has 1 rings (SSSR count). The van der Waals surface area contributed by atoms with Gasteiger partial charge in [0.2, 0.25) is 0 Å².